The molecule has 3 heteroatoms. The molecular formula is C18H17NOS. The highest BCUT2D eigenvalue weighted by molar-refractivity contribution is 7.98. The number of benzene rings is 2. The maximum atomic E-state index is 10.1. The van der Waals surface area contributed by atoms with E-state index in [2.05, 4.69) is 17.1 Å². The van der Waals surface area contributed by atoms with E-state index in [1.165, 1.54) is 10.9 Å². The Morgan fingerprint density at radius 2 is 1.76 bits per heavy atom. The van der Waals surface area contributed by atoms with Crippen molar-refractivity contribution in [1.82, 2.24) is 4.98 Å². The van der Waals surface area contributed by atoms with Gasteiger partial charge in [-0.2, -0.15) is 11.8 Å². The molecule has 0 spiro atoms. The van der Waals surface area contributed by atoms with Crippen LogP contribution in [0.15, 0.2) is 66.9 Å². The Morgan fingerprint density at radius 1 is 1.00 bits per heavy atom. The van der Waals surface area contributed by atoms with Crippen LogP contribution in [0.4, 0.5) is 0 Å². The summed E-state index contributed by atoms with van der Waals surface area (Å²) in [6, 6.07) is 20.1. The van der Waals surface area contributed by atoms with Gasteiger partial charge in [-0.3, -0.25) is 4.98 Å². The van der Waals surface area contributed by atoms with E-state index in [1.54, 1.807) is 11.8 Å². The van der Waals surface area contributed by atoms with Crippen LogP contribution in [-0.4, -0.2) is 15.8 Å². The van der Waals surface area contributed by atoms with Gasteiger partial charge in [-0.15, -0.1) is 0 Å². The van der Waals surface area contributed by atoms with Crippen molar-refractivity contribution in [2.24, 2.45) is 0 Å². The summed E-state index contributed by atoms with van der Waals surface area (Å²) >= 11 is 1.73. The summed E-state index contributed by atoms with van der Waals surface area (Å²) in [4.78, 5) is 4.46. The summed E-state index contributed by atoms with van der Waals surface area (Å²) in [5, 5.41) is 11.3. The van der Waals surface area contributed by atoms with Crippen LogP contribution >= 0.6 is 11.8 Å². The van der Waals surface area contributed by atoms with Gasteiger partial charge in [0.1, 0.15) is 0 Å². The minimum absolute atomic E-state index is 0.412. The smallest absolute Gasteiger partial charge is 0.0880 e. The Kier molecular flexibility index (Phi) is 4.53. The number of hydrogen-bond acceptors (Lipinski definition) is 3. The first kappa shape index (κ1) is 14.1. The van der Waals surface area contributed by atoms with E-state index in [-0.39, 0.29) is 0 Å². The molecule has 0 amide bonds. The molecule has 3 aromatic rings. The molecule has 0 bridgehead atoms. The highest BCUT2D eigenvalue weighted by Crippen LogP contribution is 2.22. The molecule has 1 atom stereocenters. The number of para-hydroxylation sites is 1. The van der Waals surface area contributed by atoms with E-state index >= 15 is 0 Å². The van der Waals surface area contributed by atoms with E-state index in [0.717, 1.165) is 16.8 Å². The van der Waals surface area contributed by atoms with E-state index in [0.29, 0.717) is 5.75 Å². The van der Waals surface area contributed by atoms with Gasteiger partial charge in [0.2, 0.25) is 0 Å². The highest BCUT2D eigenvalue weighted by atomic mass is 32.2. The first-order valence-corrected chi connectivity index (χ1v) is 8.13. The van der Waals surface area contributed by atoms with Gasteiger partial charge in [-0.05, 0) is 23.3 Å². The van der Waals surface area contributed by atoms with Gasteiger partial charge >= 0.3 is 0 Å². The van der Waals surface area contributed by atoms with E-state index in [9.17, 15) is 5.11 Å². The van der Waals surface area contributed by atoms with Crippen LogP contribution in [0.1, 0.15) is 17.2 Å². The third-order valence-corrected chi connectivity index (χ3v) is 4.46. The van der Waals surface area contributed by atoms with Crippen LogP contribution in [0.25, 0.3) is 10.9 Å². The minimum atomic E-state index is -0.412. The maximum absolute atomic E-state index is 10.1. The Morgan fingerprint density at radius 3 is 2.62 bits per heavy atom. The fraction of sp³-hybridized carbons (Fsp3) is 0.167. The quantitative estimate of drug-likeness (QED) is 0.765. The van der Waals surface area contributed by atoms with Crippen LogP contribution < -0.4 is 0 Å². The van der Waals surface area contributed by atoms with Gasteiger partial charge in [-0.25, -0.2) is 0 Å². The number of aliphatic hydroxyl groups excluding tert-OH is 1. The van der Waals surface area contributed by atoms with Gasteiger partial charge < -0.3 is 5.11 Å². The Bertz CT molecular complexity index is 714. The predicted octanol–water partition coefficient (Wildman–Crippen LogP) is 4.20. The Balaban J connectivity index is 1.59. The molecule has 1 aromatic heterocycles. The molecule has 1 unspecified atom stereocenters. The minimum Gasteiger partial charge on any atom is -0.388 e. The molecular weight excluding hydrogens is 278 g/mol. The molecule has 0 saturated carbocycles. The number of rotatable bonds is 5. The number of aromatic nitrogens is 1. The number of fused-ring (bicyclic) bond motifs is 1. The molecule has 0 aliphatic carbocycles. The summed E-state index contributed by atoms with van der Waals surface area (Å²) in [5.41, 5.74) is 3.19. The number of hydrogen-bond donors (Lipinski definition) is 1. The third-order valence-electron chi connectivity index (χ3n) is 3.38. The van der Waals surface area contributed by atoms with Gasteiger partial charge in [-0.1, -0.05) is 48.5 Å². The van der Waals surface area contributed by atoms with Crippen molar-refractivity contribution in [3.63, 3.8) is 0 Å². The van der Waals surface area contributed by atoms with Crippen LogP contribution in [0.2, 0.25) is 0 Å². The van der Waals surface area contributed by atoms with Crippen LogP contribution in [-0.2, 0) is 5.75 Å². The van der Waals surface area contributed by atoms with Crippen molar-refractivity contribution in [2.45, 2.75) is 11.9 Å². The van der Waals surface area contributed by atoms with Crippen molar-refractivity contribution in [1.29, 1.82) is 0 Å². The van der Waals surface area contributed by atoms with Gasteiger partial charge in [0.15, 0.2) is 0 Å². The second kappa shape index (κ2) is 6.74. The summed E-state index contributed by atoms with van der Waals surface area (Å²) in [6.45, 7) is 0. The van der Waals surface area contributed by atoms with Crippen LogP contribution in [0.3, 0.4) is 0 Å². The molecule has 3 rings (SSSR count). The lowest BCUT2D eigenvalue weighted by Gasteiger charge is -2.10. The van der Waals surface area contributed by atoms with Crippen molar-refractivity contribution >= 4 is 22.7 Å². The zero-order valence-electron chi connectivity index (χ0n) is 11.6. The molecule has 0 fully saturated rings. The zero-order valence-corrected chi connectivity index (χ0v) is 12.5. The number of nitrogens with zero attached hydrogens (tertiary/aromatic N) is 1. The van der Waals surface area contributed by atoms with E-state index in [4.69, 9.17) is 0 Å². The summed E-state index contributed by atoms with van der Waals surface area (Å²) < 4.78 is 0. The average Bonchev–Trinajstić information content (AvgIpc) is 2.55. The number of pyridine rings is 1. The predicted molar refractivity (Wildman–Crippen MR) is 89.3 cm³/mol. The third kappa shape index (κ3) is 3.63. The van der Waals surface area contributed by atoms with Crippen molar-refractivity contribution in [3.8, 4) is 0 Å². The van der Waals surface area contributed by atoms with Crippen LogP contribution in [0.5, 0.6) is 0 Å². The van der Waals surface area contributed by atoms with Crippen molar-refractivity contribution in [3.05, 3.63) is 78.0 Å². The molecule has 0 saturated heterocycles. The lowest BCUT2D eigenvalue weighted by atomic mass is 10.1. The van der Waals surface area contributed by atoms with Crippen molar-refractivity contribution in [2.75, 3.05) is 5.75 Å². The molecule has 1 N–H and O–H groups in total. The fourth-order valence-electron chi connectivity index (χ4n) is 2.26. The zero-order chi connectivity index (χ0) is 14.5. The first-order valence-electron chi connectivity index (χ1n) is 6.97. The normalized spacial score (nSPS) is 12.4. The molecule has 106 valence electrons. The first-order chi connectivity index (χ1) is 10.3. The number of aliphatic hydroxyl groups is 1. The van der Waals surface area contributed by atoms with Gasteiger partial charge in [0, 0.05) is 23.1 Å². The Hall–Kier alpha value is -1.84. The molecule has 2 nitrogen and oxygen atoms in total. The SMILES string of the molecule is OC(CSCc1cnc2ccccc2c1)c1ccccc1. The monoisotopic (exact) mass is 295 g/mol. The van der Waals surface area contributed by atoms with Gasteiger partial charge in [0.05, 0.1) is 11.6 Å². The van der Waals surface area contributed by atoms with Crippen molar-refractivity contribution < 1.29 is 5.11 Å². The summed E-state index contributed by atoms with van der Waals surface area (Å²) in [6.07, 6.45) is 1.51. The molecule has 0 aliphatic rings. The van der Waals surface area contributed by atoms with E-state index in [1.807, 2.05) is 54.7 Å². The maximum Gasteiger partial charge on any atom is 0.0880 e. The average molecular weight is 295 g/mol. The number of thioether (sulfide) groups is 1. The molecule has 21 heavy (non-hydrogen) atoms. The lowest BCUT2D eigenvalue weighted by Crippen LogP contribution is -2.00. The highest BCUT2D eigenvalue weighted by Gasteiger charge is 2.07. The largest absolute Gasteiger partial charge is 0.388 e. The standard InChI is InChI=1S/C18H17NOS/c20-18(15-6-2-1-3-7-15)13-21-12-14-10-16-8-4-5-9-17(16)19-11-14/h1-11,18,20H,12-13H2. The Labute approximate surface area is 128 Å². The second-order valence-corrected chi connectivity index (χ2v) is 6.01. The molecule has 2 aromatic carbocycles. The van der Waals surface area contributed by atoms with Crippen LogP contribution in [0, 0.1) is 0 Å². The second-order valence-electron chi connectivity index (χ2n) is 4.98. The molecule has 0 aliphatic heterocycles. The topological polar surface area (TPSA) is 33.1 Å². The summed E-state index contributed by atoms with van der Waals surface area (Å²) in [5.74, 6) is 1.55. The molecule has 1 heterocycles. The van der Waals surface area contributed by atoms with E-state index < -0.39 is 6.10 Å². The molecule has 0 radical (unpaired) electrons. The van der Waals surface area contributed by atoms with Gasteiger partial charge in [0.25, 0.3) is 0 Å². The lowest BCUT2D eigenvalue weighted by molar-refractivity contribution is 0.204. The fourth-order valence-corrected chi connectivity index (χ4v) is 3.18. The summed E-state index contributed by atoms with van der Waals surface area (Å²) in [7, 11) is 0.